The topological polar surface area (TPSA) is 72.3 Å². The highest BCUT2D eigenvalue weighted by molar-refractivity contribution is 5.74. The number of benzene rings is 1. The second-order valence-corrected chi connectivity index (χ2v) is 7.45. The summed E-state index contributed by atoms with van der Waals surface area (Å²) >= 11 is 0. The molecule has 7 nitrogen and oxygen atoms in total. The Morgan fingerprint density at radius 2 is 1.96 bits per heavy atom. The number of amides is 2. The van der Waals surface area contributed by atoms with Crippen molar-refractivity contribution in [1.29, 1.82) is 0 Å². The predicted octanol–water partition coefficient (Wildman–Crippen LogP) is 2.07. The number of aromatic nitrogens is 3. The van der Waals surface area contributed by atoms with Crippen molar-refractivity contribution in [3.63, 3.8) is 0 Å². The molecule has 1 N–H and O–H groups in total. The summed E-state index contributed by atoms with van der Waals surface area (Å²) in [6.07, 6.45) is 1.83. The van der Waals surface area contributed by atoms with E-state index in [-0.39, 0.29) is 6.03 Å². The fraction of sp³-hybridized carbons (Fsp3) is 0.500. The largest absolute Gasteiger partial charge is 0.497 e. The zero-order chi connectivity index (χ0) is 17.6. The van der Waals surface area contributed by atoms with Gasteiger partial charge in [0.15, 0.2) is 0 Å². The maximum atomic E-state index is 12.3. The van der Waals surface area contributed by atoms with E-state index in [4.69, 9.17) is 4.74 Å². The molecule has 1 aliphatic carbocycles. The number of urea groups is 1. The number of nitrogens with zero attached hydrogens (tertiary/aromatic N) is 4. The number of carbonyl (C=O) groups excluding carboxylic acids is 1. The second kappa shape index (κ2) is 5.75. The van der Waals surface area contributed by atoms with E-state index in [1.807, 2.05) is 35.4 Å². The monoisotopic (exact) mass is 341 g/mol. The number of rotatable bonds is 4. The van der Waals surface area contributed by atoms with E-state index in [0.717, 1.165) is 30.2 Å². The molecule has 2 heterocycles. The first-order valence-electron chi connectivity index (χ1n) is 8.57. The van der Waals surface area contributed by atoms with Crippen LogP contribution in [0.15, 0.2) is 30.5 Å². The summed E-state index contributed by atoms with van der Waals surface area (Å²) in [6.45, 7) is 6.68. The number of hydrogen-bond donors (Lipinski definition) is 1. The number of methoxy groups -OCH3 is 1. The lowest BCUT2D eigenvalue weighted by molar-refractivity contribution is 0.195. The van der Waals surface area contributed by atoms with Crippen molar-refractivity contribution < 1.29 is 9.53 Å². The Morgan fingerprint density at radius 1 is 1.28 bits per heavy atom. The number of fused-ring (bicyclic) bond motifs is 1. The van der Waals surface area contributed by atoms with Gasteiger partial charge in [-0.1, -0.05) is 19.1 Å². The molecule has 2 fully saturated rings. The molecule has 0 unspecified atom stereocenters. The number of nitrogens with one attached hydrogen (secondary N) is 1. The molecular weight excluding hydrogens is 318 g/mol. The van der Waals surface area contributed by atoms with Crippen LogP contribution in [-0.4, -0.2) is 46.1 Å². The average molecular weight is 341 g/mol. The molecule has 25 heavy (non-hydrogen) atoms. The van der Waals surface area contributed by atoms with Crippen LogP contribution in [0.2, 0.25) is 0 Å². The lowest BCUT2D eigenvalue weighted by atomic mass is 10.1. The van der Waals surface area contributed by atoms with Crippen molar-refractivity contribution in [1.82, 2.24) is 25.2 Å². The quantitative estimate of drug-likeness (QED) is 0.924. The average Bonchev–Trinajstić information content (AvgIpc) is 3.09. The van der Waals surface area contributed by atoms with Gasteiger partial charge in [0.05, 0.1) is 25.5 Å². The first-order valence-corrected chi connectivity index (χ1v) is 8.57. The summed E-state index contributed by atoms with van der Waals surface area (Å²) in [5.74, 6) is 2.12. The van der Waals surface area contributed by atoms with Crippen molar-refractivity contribution in [2.45, 2.75) is 20.4 Å². The van der Waals surface area contributed by atoms with E-state index in [1.165, 1.54) is 0 Å². The molecule has 2 aliphatic rings. The Labute approximate surface area is 147 Å². The van der Waals surface area contributed by atoms with Crippen LogP contribution in [0.5, 0.6) is 5.75 Å². The van der Waals surface area contributed by atoms with Crippen LogP contribution < -0.4 is 10.1 Å². The maximum Gasteiger partial charge on any atom is 0.317 e. The van der Waals surface area contributed by atoms with Gasteiger partial charge in [-0.25, -0.2) is 9.48 Å². The van der Waals surface area contributed by atoms with Crippen molar-refractivity contribution in [3.8, 4) is 11.4 Å². The van der Waals surface area contributed by atoms with E-state index < -0.39 is 0 Å². The van der Waals surface area contributed by atoms with Gasteiger partial charge in [-0.05, 0) is 41.5 Å². The first-order chi connectivity index (χ1) is 12.0. The van der Waals surface area contributed by atoms with Gasteiger partial charge in [-0.15, -0.1) is 5.10 Å². The Hall–Kier alpha value is -2.57. The molecule has 0 spiro atoms. The minimum absolute atomic E-state index is 0.0120. The SMILES string of the molecule is COc1ccc(-n2cc(CNC(=O)N3C[C@@H]4[C@H](C3)C4(C)C)nn2)cc1. The van der Waals surface area contributed by atoms with Gasteiger partial charge in [-0.3, -0.25) is 0 Å². The summed E-state index contributed by atoms with van der Waals surface area (Å²) in [4.78, 5) is 14.2. The fourth-order valence-electron chi connectivity index (χ4n) is 3.82. The summed E-state index contributed by atoms with van der Waals surface area (Å²) in [7, 11) is 1.63. The lowest BCUT2D eigenvalue weighted by Crippen LogP contribution is -2.40. The molecule has 2 amide bonds. The Kier molecular flexibility index (Phi) is 3.67. The predicted molar refractivity (Wildman–Crippen MR) is 92.5 cm³/mol. The van der Waals surface area contributed by atoms with Crippen LogP contribution in [-0.2, 0) is 6.54 Å². The molecule has 4 rings (SSSR count). The lowest BCUT2D eigenvalue weighted by Gasteiger charge is -2.22. The van der Waals surface area contributed by atoms with Crippen molar-refractivity contribution in [2.75, 3.05) is 20.2 Å². The summed E-state index contributed by atoms with van der Waals surface area (Å²) in [6, 6.07) is 7.56. The van der Waals surface area contributed by atoms with E-state index in [1.54, 1.807) is 11.8 Å². The minimum Gasteiger partial charge on any atom is -0.497 e. The van der Waals surface area contributed by atoms with Gasteiger partial charge in [-0.2, -0.15) is 0 Å². The minimum atomic E-state index is -0.0120. The molecule has 7 heteroatoms. The Bertz CT molecular complexity index is 769. The van der Waals surface area contributed by atoms with Crippen molar-refractivity contribution >= 4 is 6.03 Å². The first kappa shape index (κ1) is 15.9. The van der Waals surface area contributed by atoms with Crippen LogP contribution in [0.1, 0.15) is 19.5 Å². The number of carbonyl (C=O) groups is 1. The molecule has 132 valence electrons. The number of piperidine rings is 1. The molecule has 1 aromatic carbocycles. The zero-order valence-electron chi connectivity index (χ0n) is 14.8. The fourth-order valence-corrected chi connectivity index (χ4v) is 3.82. The molecule has 2 aromatic rings. The van der Waals surface area contributed by atoms with Crippen LogP contribution >= 0.6 is 0 Å². The number of hydrogen-bond acceptors (Lipinski definition) is 4. The zero-order valence-corrected chi connectivity index (χ0v) is 14.8. The Morgan fingerprint density at radius 3 is 2.60 bits per heavy atom. The third-order valence-electron chi connectivity index (χ3n) is 5.71. The van der Waals surface area contributed by atoms with Gasteiger partial charge in [0, 0.05) is 13.1 Å². The molecule has 1 saturated carbocycles. The van der Waals surface area contributed by atoms with Crippen molar-refractivity contribution in [3.05, 3.63) is 36.2 Å². The van der Waals surface area contributed by atoms with Crippen molar-refractivity contribution in [2.24, 2.45) is 17.3 Å². The van der Waals surface area contributed by atoms with E-state index in [2.05, 4.69) is 29.5 Å². The molecule has 0 radical (unpaired) electrons. The van der Waals surface area contributed by atoms with Gasteiger partial charge < -0.3 is 15.0 Å². The summed E-state index contributed by atoms with van der Waals surface area (Å²) in [5.41, 5.74) is 2.04. The molecular formula is C18H23N5O2. The normalized spacial score (nSPS) is 23.2. The third kappa shape index (κ3) is 2.83. The van der Waals surface area contributed by atoms with Gasteiger partial charge in [0.1, 0.15) is 11.4 Å². The standard InChI is InChI=1S/C18H23N5O2/c1-18(2)15-10-22(11-16(15)18)17(24)19-8-12-9-23(21-20-12)13-4-6-14(25-3)7-5-13/h4-7,9,15-16H,8,10-11H2,1-3H3,(H,19,24)/t15-,16+. The van der Waals surface area contributed by atoms with Gasteiger partial charge in [0.2, 0.25) is 0 Å². The second-order valence-electron chi connectivity index (χ2n) is 7.45. The third-order valence-corrected chi connectivity index (χ3v) is 5.71. The Balaban J connectivity index is 1.32. The number of likely N-dealkylation sites (tertiary alicyclic amines) is 1. The van der Waals surface area contributed by atoms with Crippen LogP contribution in [0.3, 0.4) is 0 Å². The molecule has 1 aromatic heterocycles. The van der Waals surface area contributed by atoms with Gasteiger partial charge >= 0.3 is 6.03 Å². The number of ether oxygens (including phenoxy) is 1. The van der Waals surface area contributed by atoms with E-state index >= 15 is 0 Å². The summed E-state index contributed by atoms with van der Waals surface area (Å²) in [5, 5.41) is 11.2. The highest BCUT2D eigenvalue weighted by atomic mass is 16.5. The summed E-state index contributed by atoms with van der Waals surface area (Å²) < 4.78 is 6.84. The smallest absolute Gasteiger partial charge is 0.317 e. The highest BCUT2D eigenvalue weighted by Crippen LogP contribution is 2.61. The molecule has 2 atom stereocenters. The van der Waals surface area contributed by atoms with Crippen LogP contribution in [0.4, 0.5) is 4.79 Å². The van der Waals surface area contributed by atoms with Crippen LogP contribution in [0.25, 0.3) is 5.69 Å². The maximum absolute atomic E-state index is 12.3. The van der Waals surface area contributed by atoms with Crippen LogP contribution in [0, 0.1) is 17.3 Å². The van der Waals surface area contributed by atoms with Gasteiger partial charge in [0.25, 0.3) is 0 Å². The van der Waals surface area contributed by atoms with E-state index in [9.17, 15) is 4.79 Å². The molecule has 1 saturated heterocycles. The molecule has 0 bridgehead atoms. The highest BCUT2D eigenvalue weighted by Gasteiger charge is 2.62. The molecule has 1 aliphatic heterocycles. The van der Waals surface area contributed by atoms with E-state index in [0.29, 0.717) is 23.8 Å².